The van der Waals surface area contributed by atoms with Crippen LogP contribution in [0.15, 0.2) is 6.20 Å². The van der Waals surface area contributed by atoms with Crippen LogP contribution in [0.3, 0.4) is 0 Å². The third-order valence-electron chi connectivity index (χ3n) is 3.11. The quantitative estimate of drug-likeness (QED) is 0.804. The minimum absolute atomic E-state index is 0.560. The van der Waals surface area contributed by atoms with Crippen LogP contribution in [-0.4, -0.2) is 15.6 Å². The van der Waals surface area contributed by atoms with Gasteiger partial charge in [-0.1, -0.05) is 13.8 Å². The molecule has 0 aromatic carbocycles. The summed E-state index contributed by atoms with van der Waals surface area (Å²) in [7, 11) is 0. The molecule has 0 unspecified atom stereocenters. The lowest BCUT2D eigenvalue weighted by atomic mass is 10.2. The largest absolute Gasteiger partial charge is 0.353 e. The molecule has 0 amide bonds. The van der Waals surface area contributed by atoms with Crippen LogP contribution >= 0.6 is 0 Å². The highest BCUT2D eigenvalue weighted by atomic mass is 15.2. The van der Waals surface area contributed by atoms with Crippen molar-refractivity contribution < 1.29 is 0 Å². The van der Waals surface area contributed by atoms with Crippen molar-refractivity contribution in [3.63, 3.8) is 0 Å². The number of aromatic nitrogens is 2. The minimum atomic E-state index is 0.560. The number of nitrogens with zero attached hydrogens (tertiary/aromatic N) is 2. The topological polar surface area (TPSA) is 29.9 Å². The van der Waals surface area contributed by atoms with E-state index in [-0.39, 0.29) is 0 Å². The molecule has 1 saturated carbocycles. The Kier molecular flexibility index (Phi) is 2.98. The number of hydrogen-bond acceptors (Lipinski definition) is 2. The first-order valence-corrected chi connectivity index (χ1v) is 6.06. The van der Waals surface area contributed by atoms with E-state index in [1.165, 1.54) is 12.8 Å². The fourth-order valence-electron chi connectivity index (χ4n) is 1.93. The van der Waals surface area contributed by atoms with Crippen molar-refractivity contribution in [2.45, 2.75) is 58.5 Å². The van der Waals surface area contributed by atoms with E-state index in [4.69, 9.17) is 0 Å². The van der Waals surface area contributed by atoms with Gasteiger partial charge in [0.1, 0.15) is 0 Å². The van der Waals surface area contributed by atoms with Crippen molar-refractivity contribution in [1.29, 1.82) is 0 Å². The average Bonchev–Trinajstić information content (AvgIpc) is 3.00. The molecule has 1 aliphatic rings. The first kappa shape index (κ1) is 10.5. The molecule has 0 bridgehead atoms. The van der Waals surface area contributed by atoms with Crippen LogP contribution in [0.5, 0.6) is 0 Å². The molecule has 0 spiro atoms. The van der Waals surface area contributed by atoms with E-state index in [1.807, 2.05) is 0 Å². The van der Waals surface area contributed by atoms with E-state index < -0.39 is 0 Å². The van der Waals surface area contributed by atoms with Gasteiger partial charge in [0.2, 0.25) is 5.95 Å². The SMILES string of the molecule is CCC(CC)Nc1nc(C)cn1C1CC1. The molecule has 0 radical (unpaired) electrons. The maximum absolute atomic E-state index is 4.56. The molecule has 0 atom stereocenters. The van der Waals surface area contributed by atoms with Crippen molar-refractivity contribution in [1.82, 2.24) is 9.55 Å². The van der Waals surface area contributed by atoms with Crippen molar-refractivity contribution in [3.8, 4) is 0 Å². The molecule has 1 aromatic heterocycles. The number of aryl methyl sites for hydroxylation is 1. The van der Waals surface area contributed by atoms with Gasteiger partial charge < -0.3 is 9.88 Å². The van der Waals surface area contributed by atoms with E-state index in [0.29, 0.717) is 12.1 Å². The lowest BCUT2D eigenvalue weighted by Gasteiger charge is -2.16. The Balaban J connectivity index is 2.11. The summed E-state index contributed by atoms with van der Waals surface area (Å²) >= 11 is 0. The number of hydrogen-bond donors (Lipinski definition) is 1. The van der Waals surface area contributed by atoms with Gasteiger partial charge in [0, 0.05) is 18.3 Å². The predicted octanol–water partition coefficient (Wildman–Crippen LogP) is 3.13. The third-order valence-corrected chi connectivity index (χ3v) is 3.11. The molecule has 2 rings (SSSR count). The van der Waals surface area contributed by atoms with Gasteiger partial charge in [0.05, 0.1) is 5.69 Å². The molecular weight excluding hydrogens is 186 g/mol. The number of rotatable bonds is 5. The molecule has 0 saturated heterocycles. The summed E-state index contributed by atoms with van der Waals surface area (Å²) in [6, 6.07) is 1.27. The van der Waals surface area contributed by atoms with Gasteiger partial charge in [0.25, 0.3) is 0 Å². The van der Waals surface area contributed by atoms with Crippen molar-refractivity contribution in [2.75, 3.05) is 5.32 Å². The zero-order valence-corrected chi connectivity index (χ0v) is 9.95. The molecule has 15 heavy (non-hydrogen) atoms. The summed E-state index contributed by atoms with van der Waals surface area (Å²) < 4.78 is 2.31. The molecule has 3 heteroatoms. The van der Waals surface area contributed by atoms with Gasteiger partial charge in [-0.2, -0.15) is 0 Å². The predicted molar refractivity (Wildman–Crippen MR) is 63.2 cm³/mol. The summed E-state index contributed by atoms with van der Waals surface area (Å²) in [4.78, 5) is 4.56. The monoisotopic (exact) mass is 207 g/mol. The molecular formula is C12H21N3. The molecule has 84 valence electrons. The van der Waals surface area contributed by atoms with Gasteiger partial charge in [-0.3, -0.25) is 0 Å². The van der Waals surface area contributed by atoms with Crippen LogP contribution in [0, 0.1) is 6.92 Å². The summed E-state index contributed by atoms with van der Waals surface area (Å²) in [6.45, 7) is 6.51. The van der Waals surface area contributed by atoms with Crippen LogP contribution in [0.25, 0.3) is 0 Å². The number of anilines is 1. The molecule has 1 N–H and O–H groups in total. The summed E-state index contributed by atoms with van der Waals surface area (Å²) in [6.07, 6.45) is 7.11. The van der Waals surface area contributed by atoms with Crippen molar-refractivity contribution in [3.05, 3.63) is 11.9 Å². The lowest BCUT2D eigenvalue weighted by molar-refractivity contribution is 0.646. The fraction of sp³-hybridized carbons (Fsp3) is 0.750. The zero-order chi connectivity index (χ0) is 10.8. The Morgan fingerprint density at radius 1 is 1.47 bits per heavy atom. The number of nitrogens with one attached hydrogen (secondary N) is 1. The maximum atomic E-state index is 4.56. The Hall–Kier alpha value is -0.990. The second-order valence-electron chi connectivity index (χ2n) is 4.50. The lowest BCUT2D eigenvalue weighted by Crippen LogP contribution is -2.19. The highest BCUT2D eigenvalue weighted by Gasteiger charge is 2.26. The second-order valence-corrected chi connectivity index (χ2v) is 4.50. The summed E-state index contributed by atoms with van der Waals surface area (Å²) in [5.74, 6) is 1.07. The van der Waals surface area contributed by atoms with Crippen molar-refractivity contribution in [2.24, 2.45) is 0 Å². The van der Waals surface area contributed by atoms with Gasteiger partial charge >= 0.3 is 0 Å². The van der Waals surface area contributed by atoms with E-state index in [2.05, 4.69) is 41.8 Å². The Morgan fingerprint density at radius 2 is 2.13 bits per heavy atom. The summed E-state index contributed by atoms with van der Waals surface area (Å²) in [5.41, 5.74) is 1.12. The minimum Gasteiger partial charge on any atom is -0.353 e. The number of imidazole rings is 1. The van der Waals surface area contributed by atoms with E-state index in [1.54, 1.807) is 0 Å². The average molecular weight is 207 g/mol. The van der Waals surface area contributed by atoms with Crippen LogP contribution in [0.1, 0.15) is 51.3 Å². The standard InChI is InChI=1S/C12H21N3/c1-4-10(5-2)14-12-13-9(3)8-15(12)11-6-7-11/h8,10-11H,4-7H2,1-3H3,(H,13,14). The van der Waals surface area contributed by atoms with Crippen LogP contribution in [0.4, 0.5) is 5.95 Å². The first-order valence-electron chi connectivity index (χ1n) is 6.06. The molecule has 3 nitrogen and oxygen atoms in total. The Labute approximate surface area is 91.9 Å². The van der Waals surface area contributed by atoms with Gasteiger partial charge in [-0.05, 0) is 32.6 Å². The Bertz CT molecular complexity index is 322. The van der Waals surface area contributed by atoms with Crippen LogP contribution in [0.2, 0.25) is 0 Å². The van der Waals surface area contributed by atoms with E-state index in [0.717, 1.165) is 24.5 Å². The molecule has 1 fully saturated rings. The van der Waals surface area contributed by atoms with Crippen molar-refractivity contribution >= 4 is 5.95 Å². The molecule has 1 heterocycles. The maximum Gasteiger partial charge on any atom is 0.203 e. The van der Waals surface area contributed by atoms with E-state index >= 15 is 0 Å². The molecule has 1 aliphatic carbocycles. The van der Waals surface area contributed by atoms with Gasteiger partial charge in [-0.25, -0.2) is 4.98 Å². The second kappa shape index (κ2) is 4.25. The fourth-order valence-corrected chi connectivity index (χ4v) is 1.93. The van der Waals surface area contributed by atoms with Gasteiger partial charge in [0.15, 0.2) is 0 Å². The van der Waals surface area contributed by atoms with Crippen LogP contribution in [-0.2, 0) is 0 Å². The van der Waals surface area contributed by atoms with Crippen LogP contribution < -0.4 is 5.32 Å². The molecule has 1 aromatic rings. The third kappa shape index (κ3) is 2.33. The Morgan fingerprint density at radius 3 is 2.67 bits per heavy atom. The van der Waals surface area contributed by atoms with E-state index in [9.17, 15) is 0 Å². The highest BCUT2D eigenvalue weighted by Crippen LogP contribution is 2.37. The van der Waals surface area contributed by atoms with Gasteiger partial charge in [-0.15, -0.1) is 0 Å². The first-order chi connectivity index (χ1) is 7.24. The smallest absolute Gasteiger partial charge is 0.203 e. The molecule has 0 aliphatic heterocycles. The normalized spacial score (nSPS) is 16.0. The zero-order valence-electron chi connectivity index (χ0n) is 9.95. The highest BCUT2D eigenvalue weighted by molar-refractivity contribution is 5.31. The summed E-state index contributed by atoms with van der Waals surface area (Å²) in [5, 5.41) is 3.54.